The number of carbonyl (C=O) groups is 1. The van der Waals surface area contributed by atoms with Crippen molar-refractivity contribution >= 4 is 23.0 Å². The van der Waals surface area contributed by atoms with Crippen molar-refractivity contribution in [1.82, 2.24) is 4.98 Å². The number of rotatable bonds is 8. The molecule has 7 heteroatoms. The molecule has 0 aliphatic carbocycles. The van der Waals surface area contributed by atoms with Gasteiger partial charge >= 0.3 is 5.97 Å². The van der Waals surface area contributed by atoms with E-state index in [-0.39, 0.29) is 18.0 Å². The highest BCUT2D eigenvalue weighted by molar-refractivity contribution is 7.10. The minimum Gasteiger partial charge on any atom is -0.466 e. The van der Waals surface area contributed by atoms with Crippen molar-refractivity contribution in [2.24, 2.45) is 10.9 Å². The first-order chi connectivity index (χ1) is 12.7. The largest absolute Gasteiger partial charge is 0.466 e. The lowest BCUT2D eigenvalue weighted by Gasteiger charge is -2.15. The van der Waals surface area contributed by atoms with Gasteiger partial charge in [0.15, 0.2) is 0 Å². The van der Waals surface area contributed by atoms with Gasteiger partial charge in [0.1, 0.15) is 10.6 Å². The SMILES string of the molecule is COC(=O)/C=C\[C@H](C)[C@H](/C=C/C1=CCC(c2csc(C(C)(C)O)n2)=N1)OC. The summed E-state index contributed by atoms with van der Waals surface area (Å²) in [6.45, 7) is 5.40. The van der Waals surface area contributed by atoms with E-state index in [1.807, 2.05) is 30.5 Å². The van der Waals surface area contributed by atoms with Crippen molar-refractivity contribution in [3.63, 3.8) is 0 Å². The predicted octanol–water partition coefficient (Wildman–Crippen LogP) is 3.38. The zero-order valence-corrected chi connectivity index (χ0v) is 17.1. The van der Waals surface area contributed by atoms with E-state index in [1.165, 1.54) is 24.5 Å². The highest BCUT2D eigenvalue weighted by atomic mass is 32.1. The molecule has 1 N–H and O–H groups in total. The molecule has 146 valence electrons. The Balaban J connectivity index is 2.03. The van der Waals surface area contributed by atoms with Crippen molar-refractivity contribution in [3.05, 3.63) is 52.2 Å². The second-order valence-electron chi connectivity index (χ2n) is 6.79. The van der Waals surface area contributed by atoms with E-state index in [4.69, 9.17) is 4.74 Å². The van der Waals surface area contributed by atoms with Crippen LogP contribution in [-0.2, 0) is 19.9 Å². The maximum atomic E-state index is 11.2. The number of aliphatic hydroxyl groups is 1. The highest BCUT2D eigenvalue weighted by Gasteiger charge is 2.22. The summed E-state index contributed by atoms with van der Waals surface area (Å²) >= 11 is 1.43. The van der Waals surface area contributed by atoms with Gasteiger partial charge in [-0.2, -0.15) is 0 Å². The number of hydrogen-bond donors (Lipinski definition) is 1. The van der Waals surface area contributed by atoms with Crippen LogP contribution in [0.25, 0.3) is 0 Å². The van der Waals surface area contributed by atoms with Crippen molar-refractivity contribution in [2.45, 2.75) is 38.9 Å². The van der Waals surface area contributed by atoms with Crippen LogP contribution < -0.4 is 0 Å². The molecular weight excluding hydrogens is 364 g/mol. The molecule has 0 fully saturated rings. The third-order valence-corrected chi connectivity index (χ3v) is 5.23. The lowest BCUT2D eigenvalue weighted by atomic mass is 10.0. The van der Waals surface area contributed by atoms with Crippen LogP contribution in [0.15, 0.2) is 46.4 Å². The molecule has 0 amide bonds. The van der Waals surface area contributed by atoms with Crippen LogP contribution in [0, 0.1) is 5.92 Å². The van der Waals surface area contributed by atoms with Gasteiger partial charge in [0, 0.05) is 30.9 Å². The first-order valence-corrected chi connectivity index (χ1v) is 9.56. The van der Waals surface area contributed by atoms with Crippen molar-refractivity contribution in [1.29, 1.82) is 0 Å². The standard InChI is InChI=1S/C20H26N2O4S/c1-13(6-11-18(23)26-5)17(25-4)10-8-14-7-9-15(21-14)16-12-27-19(22-16)20(2,3)24/h6-8,10-13,17,24H,9H2,1-5H3/b10-8+,11-6-/t13-,17-/m0/s1. The molecular formula is C20H26N2O4S. The number of nitrogens with zero attached hydrogens (tertiary/aromatic N) is 2. The van der Waals surface area contributed by atoms with E-state index in [9.17, 15) is 9.90 Å². The van der Waals surface area contributed by atoms with Crippen molar-refractivity contribution < 1.29 is 19.4 Å². The Morgan fingerprint density at radius 1 is 1.37 bits per heavy atom. The smallest absolute Gasteiger partial charge is 0.330 e. The third kappa shape index (κ3) is 5.95. The Bertz CT molecular complexity index is 784. The van der Waals surface area contributed by atoms with Gasteiger partial charge in [0.2, 0.25) is 0 Å². The van der Waals surface area contributed by atoms with Crippen LogP contribution >= 0.6 is 11.3 Å². The fraction of sp³-hybridized carbons (Fsp3) is 0.450. The Kier molecular flexibility index (Phi) is 7.24. The van der Waals surface area contributed by atoms with Gasteiger partial charge < -0.3 is 14.6 Å². The number of esters is 1. The lowest BCUT2D eigenvalue weighted by molar-refractivity contribution is -0.134. The molecule has 0 spiro atoms. The topological polar surface area (TPSA) is 81.0 Å². The second-order valence-corrected chi connectivity index (χ2v) is 7.65. The van der Waals surface area contributed by atoms with Gasteiger partial charge in [0.25, 0.3) is 0 Å². The van der Waals surface area contributed by atoms with E-state index in [0.29, 0.717) is 11.4 Å². The molecule has 0 aromatic carbocycles. The van der Waals surface area contributed by atoms with Crippen LogP contribution in [-0.4, -0.2) is 42.1 Å². The molecule has 2 atom stereocenters. The molecule has 1 aromatic rings. The summed E-state index contributed by atoms with van der Waals surface area (Å²) < 4.78 is 10.1. The molecule has 1 aromatic heterocycles. The number of aromatic nitrogens is 1. The van der Waals surface area contributed by atoms with Gasteiger partial charge in [-0.05, 0) is 19.9 Å². The zero-order valence-electron chi connectivity index (χ0n) is 16.3. The maximum Gasteiger partial charge on any atom is 0.330 e. The van der Waals surface area contributed by atoms with Crippen LogP contribution in [0.3, 0.4) is 0 Å². The van der Waals surface area contributed by atoms with Gasteiger partial charge in [-0.1, -0.05) is 25.2 Å². The van der Waals surface area contributed by atoms with Crippen LogP contribution in [0.2, 0.25) is 0 Å². The molecule has 27 heavy (non-hydrogen) atoms. The Hall–Kier alpha value is -2.09. The number of aliphatic imine (C=N–C) groups is 1. The Morgan fingerprint density at radius 3 is 2.70 bits per heavy atom. The first kappa shape index (κ1) is 21.2. The summed E-state index contributed by atoms with van der Waals surface area (Å²) in [5, 5.41) is 12.6. The summed E-state index contributed by atoms with van der Waals surface area (Å²) in [5.74, 6) is -0.384. The second kappa shape index (κ2) is 9.21. The number of carbonyl (C=O) groups excluding carboxylic acids is 1. The Labute approximate surface area is 163 Å². The number of hydrogen-bond acceptors (Lipinski definition) is 7. The zero-order chi connectivity index (χ0) is 20.0. The summed E-state index contributed by atoms with van der Waals surface area (Å²) in [5.41, 5.74) is 1.58. The molecule has 1 aliphatic heterocycles. The van der Waals surface area contributed by atoms with Crippen LogP contribution in [0.5, 0.6) is 0 Å². The molecule has 6 nitrogen and oxygen atoms in total. The van der Waals surface area contributed by atoms with E-state index >= 15 is 0 Å². The predicted molar refractivity (Wildman–Crippen MR) is 107 cm³/mol. The first-order valence-electron chi connectivity index (χ1n) is 8.68. The number of thiazole rings is 1. The summed E-state index contributed by atoms with van der Waals surface area (Å²) in [7, 11) is 2.97. The minimum atomic E-state index is -0.947. The molecule has 1 aliphatic rings. The lowest BCUT2D eigenvalue weighted by Crippen LogP contribution is -2.16. The minimum absolute atomic E-state index is 0.00341. The van der Waals surface area contributed by atoms with Crippen molar-refractivity contribution in [3.8, 4) is 0 Å². The highest BCUT2D eigenvalue weighted by Crippen LogP contribution is 2.26. The fourth-order valence-electron chi connectivity index (χ4n) is 2.47. The molecule has 0 bridgehead atoms. The van der Waals surface area contributed by atoms with E-state index in [2.05, 4.69) is 14.7 Å². The molecule has 0 unspecified atom stereocenters. The van der Waals surface area contributed by atoms with Crippen molar-refractivity contribution in [2.75, 3.05) is 14.2 Å². The average molecular weight is 391 g/mol. The third-order valence-electron chi connectivity index (χ3n) is 4.08. The van der Waals surface area contributed by atoms with E-state index in [1.54, 1.807) is 27.0 Å². The van der Waals surface area contributed by atoms with Crippen LogP contribution in [0.1, 0.15) is 37.9 Å². The quantitative estimate of drug-likeness (QED) is 0.544. The summed E-state index contributed by atoms with van der Waals surface area (Å²) in [6.07, 6.45) is 9.53. The van der Waals surface area contributed by atoms with E-state index < -0.39 is 5.60 Å². The number of methoxy groups -OCH3 is 2. The normalized spacial score (nSPS) is 17.3. The molecule has 0 saturated carbocycles. The summed E-state index contributed by atoms with van der Waals surface area (Å²) in [4.78, 5) is 20.3. The Morgan fingerprint density at radius 2 is 2.11 bits per heavy atom. The fourth-order valence-corrected chi connectivity index (χ4v) is 3.32. The number of ether oxygens (including phenoxy) is 2. The van der Waals surface area contributed by atoms with Gasteiger partial charge in [-0.15, -0.1) is 11.3 Å². The maximum absolute atomic E-state index is 11.2. The molecule has 0 saturated heterocycles. The molecule has 2 heterocycles. The van der Waals surface area contributed by atoms with Gasteiger partial charge in [0.05, 0.1) is 30.3 Å². The van der Waals surface area contributed by atoms with Crippen LogP contribution in [0.4, 0.5) is 0 Å². The molecule has 2 rings (SSSR count). The average Bonchev–Trinajstić information content (AvgIpc) is 3.28. The van der Waals surface area contributed by atoms with Gasteiger partial charge in [-0.25, -0.2) is 9.78 Å². The van der Waals surface area contributed by atoms with Gasteiger partial charge in [-0.3, -0.25) is 4.99 Å². The van der Waals surface area contributed by atoms with E-state index in [0.717, 1.165) is 17.1 Å². The number of allylic oxidation sites excluding steroid dienone is 2. The summed E-state index contributed by atoms with van der Waals surface area (Å²) in [6, 6.07) is 0. The molecule has 0 radical (unpaired) electrons. The monoisotopic (exact) mass is 390 g/mol.